The lowest BCUT2D eigenvalue weighted by Crippen LogP contribution is -2.39. The van der Waals surface area contributed by atoms with Crippen LogP contribution in [0.25, 0.3) is 28.2 Å². The highest BCUT2D eigenvalue weighted by Crippen LogP contribution is 2.40. The summed E-state index contributed by atoms with van der Waals surface area (Å²) in [7, 11) is 1.40. The fourth-order valence-electron chi connectivity index (χ4n) is 7.16. The summed E-state index contributed by atoms with van der Waals surface area (Å²) in [5.74, 6) is 0.114. The number of aromatic nitrogens is 6. The fourth-order valence-corrected chi connectivity index (χ4v) is 7.16. The Labute approximate surface area is 308 Å². The van der Waals surface area contributed by atoms with Crippen molar-refractivity contribution in [3.05, 3.63) is 209 Å². The van der Waals surface area contributed by atoms with Gasteiger partial charge in [0, 0.05) is 12.0 Å². The molecule has 0 saturated heterocycles. The van der Waals surface area contributed by atoms with Gasteiger partial charge in [-0.25, -0.2) is 9.48 Å². The zero-order chi connectivity index (χ0) is 36.2. The molecule has 8 nitrogen and oxygen atoms in total. The molecule has 0 aliphatic rings. The number of hydrogen-bond acceptors (Lipinski definition) is 6. The van der Waals surface area contributed by atoms with Gasteiger partial charge in [-0.3, -0.25) is 0 Å². The molecule has 0 radical (unpaired) electrons. The van der Waals surface area contributed by atoms with Crippen LogP contribution in [0.5, 0.6) is 0 Å². The van der Waals surface area contributed by atoms with E-state index in [1.807, 2.05) is 115 Å². The Morgan fingerprint density at radius 1 is 0.623 bits per heavy atom. The minimum Gasteiger partial charge on any atom is -0.465 e. The minimum absolute atomic E-state index is 0.401. The maximum absolute atomic E-state index is 12.9. The van der Waals surface area contributed by atoms with Gasteiger partial charge in [-0.1, -0.05) is 158 Å². The van der Waals surface area contributed by atoms with Gasteiger partial charge >= 0.3 is 5.97 Å². The van der Waals surface area contributed by atoms with E-state index in [0.29, 0.717) is 23.5 Å². The van der Waals surface area contributed by atoms with E-state index in [-0.39, 0.29) is 0 Å². The molecule has 8 heteroatoms. The highest BCUT2D eigenvalue weighted by atomic mass is 16.5. The maximum Gasteiger partial charge on any atom is 0.341 e. The Kier molecular flexibility index (Phi) is 9.00. The quantitative estimate of drug-likeness (QED) is 0.105. The first kappa shape index (κ1) is 33.2. The first-order valence-electron chi connectivity index (χ1n) is 17.5. The molecule has 0 unspecified atom stereocenters. The molecule has 53 heavy (non-hydrogen) atoms. The van der Waals surface area contributed by atoms with E-state index in [2.05, 4.69) is 66.7 Å². The summed E-state index contributed by atoms with van der Waals surface area (Å²) >= 11 is 0. The minimum atomic E-state index is -0.876. The summed E-state index contributed by atoms with van der Waals surface area (Å²) in [5.41, 5.74) is 8.80. The lowest BCUT2D eigenvalue weighted by atomic mass is 9.77. The van der Waals surface area contributed by atoms with E-state index in [1.54, 1.807) is 4.80 Å². The van der Waals surface area contributed by atoms with Crippen LogP contribution in [0, 0.1) is 6.92 Å². The number of methoxy groups -OCH3 is 1. The Hall–Kier alpha value is -6.93. The number of aryl methyl sites for hydroxylation is 1. The molecule has 0 amide bonds. The van der Waals surface area contributed by atoms with Crippen molar-refractivity contribution in [1.82, 2.24) is 30.0 Å². The highest BCUT2D eigenvalue weighted by Gasteiger charge is 2.41. The van der Waals surface area contributed by atoms with Gasteiger partial charge in [0.2, 0.25) is 5.82 Å². The molecule has 0 fully saturated rings. The number of para-hydroxylation sites is 1. The smallest absolute Gasteiger partial charge is 0.341 e. The molecule has 0 aliphatic carbocycles. The van der Waals surface area contributed by atoms with Gasteiger partial charge in [0.1, 0.15) is 5.56 Å². The van der Waals surface area contributed by atoms with Crippen LogP contribution in [0.15, 0.2) is 170 Å². The molecular weight excluding hydrogens is 657 g/mol. The third-order valence-electron chi connectivity index (χ3n) is 9.64. The standard InChI is InChI=1S/C45H36N6O2/c1-32-42(44(52)53-2)41(50(47-32)38-23-13-6-14-24-38)31-33-27-29-34(30-28-33)39-25-15-16-26-40(39)43-46-49-51(48-43)45(35-17-7-3-8-18-35,36-19-9-4-10-20-36)37-21-11-5-12-22-37/h3-30H,31H2,1-2H3. The van der Waals surface area contributed by atoms with Gasteiger partial charge in [-0.2, -0.15) is 5.10 Å². The van der Waals surface area contributed by atoms with Crippen LogP contribution < -0.4 is 0 Å². The third kappa shape index (κ3) is 6.10. The van der Waals surface area contributed by atoms with Crippen molar-refractivity contribution in [2.24, 2.45) is 0 Å². The van der Waals surface area contributed by atoms with Crippen LogP contribution in [0.3, 0.4) is 0 Å². The van der Waals surface area contributed by atoms with E-state index in [9.17, 15) is 4.79 Å². The van der Waals surface area contributed by atoms with E-state index in [4.69, 9.17) is 25.2 Å². The normalized spacial score (nSPS) is 11.4. The van der Waals surface area contributed by atoms with Gasteiger partial charge in [0.25, 0.3) is 0 Å². The van der Waals surface area contributed by atoms with Crippen molar-refractivity contribution in [2.45, 2.75) is 18.9 Å². The second kappa shape index (κ2) is 14.4. The van der Waals surface area contributed by atoms with Crippen LogP contribution in [0.4, 0.5) is 0 Å². The zero-order valence-corrected chi connectivity index (χ0v) is 29.4. The molecule has 0 bridgehead atoms. The number of esters is 1. The topological polar surface area (TPSA) is 87.7 Å². The average Bonchev–Trinajstić information content (AvgIpc) is 3.85. The van der Waals surface area contributed by atoms with Crippen molar-refractivity contribution >= 4 is 5.97 Å². The van der Waals surface area contributed by atoms with Gasteiger partial charge in [-0.15, -0.1) is 15.0 Å². The molecule has 0 saturated carbocycles. The van der Waals surface area contributed by atoms with Gasteiger partial charge in [0.15, 0.2) is 5.54 Å². The van der Waals surface area contributed by atoms with E-state index in [0.717, 1.165) is 50.3 Å². The summed E-state index contributed by atoms with van der Waals surface area (Å²) in [6, 6.07) is 57.3. The fraction of sp³-hybridized carbons (Fsp3) is 0.0889. The number of nitrogens with zero attached hydrogens (tertiary/aromatic N) is 6. The second-order valence-electron chi connectivity index (χ2n) is 12.8. The van der Waals surface area contributed by atoms with Crippen molar-refractivity contribution < 1.29 is 9.53 Å². The number of ether oxygens (including phenoxy) is 1. The highest BCUT2D eigenvalue weighted by molar-refractivity contribution is 5.92. The first-order valence-corrected chi connectivity index (χ1v) is 17.5. The molecule has 8 rings (SSSR count). The third-order valence-corrected chi connectivity index (χ3v) is 9.64. The summed E-state index contributed by atoms with van der Waals surface area (Å²) in [6.07, 6.45) is 0.485. The Morgan fingerprint density at radius 3 is 1.68 bits per heavy atom. The largest absolute Gasteiger partial charge is 0.465 e. The molecular formula is C45H36N6O2. The van der Waals surface area contributed by atoms with Crippen LogP contribution in [-0.2, 0) is 16.7 Å². The molecule has 6 aromatic carbocycles. The Balaban J connectivity index is 1.18. The summed E-state index contributed by atoms with van der Waals surface area (Å²) in [4.78, 5) is 14.7. The molecule has 258 valence electrons. The number of tetrazole rings is 1. The number of carbonyl (C=O) groups is 1. The van der Waals surface area contributed by atoms with Crippen molar-refractivity contribution in [3.63, 3.8) is 0 Å². The molecule has 2 aromatic heterocycles. The maximum atomic E-state index is 12.9. The van der Waals surface area contributed by atoms with Crippen LogP contribution in [0.2, 0.25) is 0 Å². The monoisotopic (exact) mass is 692 g/mol. The lowest BCUT2D eigenvalue weighted by molar-refractivity contribution is 0.0598. The summed E-state index contributed by atoms with van der Waals surface area (Å²) < 4.78 is 7.00. The number of carbonyl (C=O) groups excluding carboxylic acids is 1. The summed E-state index contributed by atoms with van der Waals surface area (Å²) in [5, 5.41) is 19.4. The average molecular weight is 693 g/mol. The Morgan fingerprint density at radius 2 is 1.13 bits per heavy atom. The van der Waals surface area contributed by atoms with Gasteiger partial charge in [0.05, 0.1) is 24.2 Å². The number of rotatable bonds is 10. The van der Waals surface area contributed by atoms with Gasteiger partial charge < -0.3 is 4.74 Å². The molecule has 0 atom stereocenters. The van der Waals surface area contributed by atoms with Crippen molar-refractivity contribution in [2.75, 3.05) is 7.11 Å². The molecule has 0 spiro atoms. The second-order valence-corrected chi connectivity index (χ2v) is 12.8. The number of hydrogen-bond donors (Lipinski definition) is 0. The molecule has 8 aromatic rings. The lowest BCUT2D eigenvalue weighted by Gasteiger charge is -2.34. The summed E-state index contributed by atoms with van der Waals surface area (Å²) in [6.45, 7) is 1.84. The van der Waals surface area contributed by atoms with Gasteiger partial charge in [-0.05, 0) is 57.7 Å². The molecule has 2 heterocycles. The van der Waals surface area contributed by atoms with Crippen LogP contribution in [-0.4, -0.2) is 43.1 Å². The molecule has 0 N–H and O–H groups in total. The van der Waals surface area contributed by atoms with Crippen molar-refractivity contribution in [3.8, 4) is 28.2 Å². The predicted octanol–water partition coefficient (Wildman–Crippen LogP) is 8.72. The van der Waals surface area contributed by atoms with Crippen LogP contribution >= 0.6 is 0 Å². The van der Waals surface area contributed by atoms with Crippen molar-refractivity contribution in [1.29, 1.82) is 0 Å². The van der Waals surface area contributed by atoms with Crippen LogP contribution in [0.1, 0.15) is 44.0 Å². The van der Waals surface area contributed by atoms with E-state index < -0.39 is 11.5 Å². The van der Waals surface area contributed by atoms with E-state index >= 15 is 0 Å². The first-order chi connectivity index (χ1) is 26.1. The van der Waals surface area contributed by atoms with E-state index in [1.165, 1.54) is 7.11 Å². The number of benzene rings is 6. The SMILES string of the molecule is COC(=O)c1c(C)nn(-c2ccccc2)c1Cc1ccc(-c2ccccc2-c2nnn(C(c3ccccc3)(c3ccccc3)c3ccccc3)n2)cc1. The zero-order valence-electron chi connectivity index (χ0n) is 29.4. The predicted molar refractivity (Wildman–Crippen MR) is 206 cm³/mol. The molecule has 0 aliphatic heterocycles. The Bertz CT molecular complexity index is 2380.